The molecule has 0 saturated heterocycles. The standard InChI is InChI=1S/C15H22N2O4/c1-9(2)7-10(3)17(4)15(21)16-12-6-5-11(14(19)20)8-13(12)18/h5-6,8-10,18H,7H2,1-4H3,(H,16,21)(H,19,20). The Morgan fingerprint density at radius 3 is 2.38 bits per heavy atom. The minimum atomic E-state index is -1.13. The summed E-state index contributed by atoms with van der Waals surface area (Å²) in [5, 5.41) is 21.2. The van der Waals surface area contributed by atoms with Gasteiger partial charge in [0.1, 0.15) is 5.75 Å². The van der Waals surface area contributed by atoms with Crippen molar-refractivity contribution in [3.8, 4) is 5.75 Å². The second-order valence-corrected chi connectivity index (χ2v) is 5.56. The van der Waals surface area contributed by atoms with Crippen molar-refractivity contribution in [1.82, 2.24) is 4.90 Å². The Kier molecular flexibility index (Phi) is 5.58. The Balaban J connectivity index is 2.77. The van der Waals surface area contributed by atoms with Crippen molar-refractivity contribution in [3.63, 3.8) is 0 Å². The topological polar surface area (TPSA) is 89.9 Å². The number of carboxylic acids is 1. The second-order valence-electron chi connectivity index (χ2n) is 5.56. The summed E-state index contributed by atoms with van der Waals surface area (Å²) in [6.45, 7) is 6.12. The van der Waals surface area contributed by atoms with Crippen molar-refractivity contribution in [3.05, 3.63) is 23.8 Å². The number of amides is 2. The molecule has 21 heavy (non-hydrogen) atoms. The summed E-state index contributed by atoms with van der Waals surface area (Å²) < 4.78 is 0. The van der Waals surface area contributed by atoms with Crippen LogP contribution in [0.4, 0.5) is 10.5 Å². The Bertz CT molecular complexity index is 528. The summed E-state index contributed by atoms with van der Waals surface area (Å²) in [5.41, 5.74) is 0.153. The highest BCUT2D eigenvalue weighted by Gasteiger charge is 2.18. The molecule has 0 aliphatic heterocycles. The maximum atomic E-state index is 12.1. The number of carbonyl (C=O) groups is 2. The van der Waals surface area contributed by atoms with Crippen LogP contribution in [0.1, 0.15) is 37.6 Å². The van der Waals surface area contributed by atoms with Crippen molar-refractivity contribution in [2.75, 3.05) is 12.4 Å². The fraction of sp³-hybridized carbons (Fsp3) is 0.467. The number of phenols is 1. The Morgan fingerprint density at radius 2 is 1.90 bits per heavy atom. The molecule has 3 N–H and O–H groups in total. The van der Waals surface area contributed by atoms with E-state index in [1.165, 1.54) is 12.1 Å². The normalized spacial score (nSPS) is 12.0. The number of aromatic hydroxyl groups is 1. The molecular formula is C15H22N2O4. The molecule has 0 aliphatic carbocycles. The lowest BCUT2D eigenvalue weighted by molar-refractivity contribution is 0.0696. The van der Waals surface area contributed by atoms with Gasteiger partial charge in [-0.3, -0.25) is 0 Å². The van der Waals surface area contributed by atoms with Gasteiger partial charge in [0.05, 0.1) is 11.3 Å². The first-order chi connectivity index (χ1) is 9.72. The van der Waals surface area contributed by atoms with Crippen LogP contribution >= 0.6 is 0 Å². The first kappa shape index (κ1) is 16.8. The number of carbonyl (C=O) groups excluding carboxylic acids is 1. The number of benzene rings is 1. The molecule has 2 amide bonds. The zero-order chi connectivity index (χ0) is 16.2. The van der Waals surface area contributed by atoms with Gasteiger partial charge in [0.15, 0.2) is 0 Å². The molecule has 0 aliphatic rings. The van der Waals surface area contributed by atoms with Crippen molar-refractivity contribution < 1.29 is 19.8 Å². The fourth-order valence-electron chi connectivity index (χ4n) is 2.01. The summed E-state index contributed by atoms with van der Waals surface area (Å²) in [7, 11) is 1.69. The number of anilines is 1. The van der Waals surface area contributed by atoms with Gasteiger partial charge in [0.25, 0.3) is 0 Å². The van der Waals surface area contributed by atoms with Crippen LogP contribution in [0.5, 0.6) is 5.75 Å². The summed E-state index contributed by atoms with van der Waals surface area (Å²) >= 11 is 0. The highest BCUT2D eigenvalue weighted by Crippen LogP contribution is 2.25. The van der Waals surface area contributed by atoms with Gasteiger partial charge in [-0.25, -0.2) is 9.59 Å². The molecule has 0 fully saturated rings. The Labute approximate surface area is 124 Å². The van der Waals surface area contributed by atoms with Crippen LogP contribution in [0.2, 0.25) is 0 Å². The van der Waals surface area contributed by atoms with Crippen molar-refractivity contribution in [2.45, 2.75) is 33.2 Å². The minimum absolute atomic E-state index is 0.0352. The lowest BCUT2D eigenvalue weighted by atomic mass is 10.0. The SMILES string of the molecule is CC(C)CC(C)N(C)C(=O)Nc1ccc(C(=O)O)cc1O. The lowest BCUT2D eigenvalue weighted by Crippen LogP contribution is -2.38. The van der Waals surface area contributed by atoms with Gasteiger partial charge >= 0.3 is 12.0 Å². The number of nitrogens with one attached hydrogen (secondary N) is 1. The van der Waals surface area contributed by atoms with Crippen LogP contribution in [0.15, 0.2) is 18.2 Å². The highest BCUT2D eigenvalue weighted by atomic mass is 16.4. The van der Waals surface area contributed by atoms with E-state index in [0.717, 1.165) is 12.5 Å². The zero-order valence-electron chi connectivity index (χ0n) is 12.8. The third-order valence-electron chi connectivity index (χ3n) is 3.28. The monoisotopic (exact) mass is 294 g/mol. The van der Waals surface area contributed by atoms with E-state index in [9.17, 15) is 14.7 Å². The Morgan fingerprint density at radius 1 is 1.29 bits per heavy atom. The average molecular weight is 294 g/mol. The first-order valence-electron chi connectivity index (χ1n) is 6.82. The number of phenolic OH excluding ortho intramolecular Hbond substituents is 1. The molecule has 1 aromatic carbocycles. The summed E-state index contributed by atoms with van der Waals surface area (Å²) in [6.07, 6.45) is 0.869. The quantitative estimate of drug-likeness (QED) is 0.728. The molecule has 1 atom stereocenters. The smallest absolute Gasteiger partial charge is 0.335 e. The number of carboxylic acid groups (broad SMARTS) is 1. The van der Waals surface area contributed by atoms with E-state index < -0.39 is 5.97 Å². The average Bonchev–Trinajstić information content (AvgIpc) is 2.38. The number of hydrogen-bond acceptors (Lipinski definition) is 3. The van der Waals surface area contributed by atoms with Crippen LogP contribution in [0.3, 0.4) is 0 Å². The summed E-state index contributed by atoms with van der Waals surface area (Å²) in [6, 6.07) is 3.52. The van der Waals surface area contributed by atoms with Crippen LogP contribution in [0.25, 0.3) is 0 Å². The second kappa shape index (κ2) is 6.97. The lowest BCUT2D eigenvalue weighted by Gasteiger charge is -2.26. The molecule has 0 saturated carbocycles. The molecule has 6 heteroatoms. The van der Waals surface area contributed by atoms with Crippen LogP contribution in [-0.4, -0.2) is 40.2 Å². The zero-order valence-corrected chi connectivity index (χ0v) is 12.8. The number of urea groups is 1. The van der Waals surface area contributed by atoms with Gasteiger partial charge in [-0.2, -0.15) is 0 Å². The van der Waals surface area contributed by atoms with Gasteiger partial charge in [0.2, 0.25) is 0 Å². The van der Waals surface area contributed by atoms with Gasteiger partial charge in [0, 0.05) is 13.1 Å². The molecule has 1 aromatic rings. The molecule has 0 heterocycles. The third-order valence-corrected chi connectivity index (χ3v) is 3.28. The van der Waals surface area contributed by atoms with Gasteiger partial charge in [-0.05, 0) is 37.5 Å². The number of rotatable bonds is 5. The van der Waals surface area contributed by atoms with Crippen LogP contribution in [-0.2, 0) is 0 Å². The molecule has 0 aromatic heterocycles. The van der Waals surface area contributed by atoms with E-state index in [1.54, 1.807) is 11.9 Å². The predicted molar refractivity (Wildman–Crippen MR) is 80.8 cm³/mol. The third kappa shape index (κ3) is 4.66. The van der Waals surface area contributed by atoms with E-state index in [2.05, 4.69) is 19.2 Å². The molecule has 1 unspecified atom stereocenters. The number of hydrogen-bond donors (Lipinski definition) is 3. The molecule has 6 nitrogen and oxygen atoms in total. The maximum absolute atomic E-state index is 12.1. The van der Waals surface area contributed by atoms with E-state index in [4.69, 9.17) is 5.11 Å². The molecule has 116 valence electrons. The Hall–Kier alpha value is -2.24. The molecular weight excluding hydrogens is 272 g/mol. The van der Waals surface area contributed by atoms with Gasteiger partial charge < -0.3 is 20.4 Å². The van der Waals surface area contributed by atoms with Crippen LogP contribution < -0.4 is 5.32 Å². The van der Waals surface area contributed by atoms with E-state index in [-0.39, 0.29) is 29.1 Å². The van der Waals surface area contributed by atoms with Crippen molar-refractivity contribution in [1.29, 1.82) is 0 Å². The molecule has 0 spiro atoms. The van der Waals surface area contributed by atoms with Gasteiger partial charge in [-0.1, -0.05) is 13.8 Å². The first-order valence-corrected chi connectivity index (χ1v) is 6.82. The summed E-state index contributed by atoms with van der Waals surface area (Å²) in [5.74, 6) is -0.933. The van der Waals surface area contributed by atoms with E-state index in [1.807, 2.05) is 6.92 Å². The highest BCUT2D eigenvalue weighted by molar-refractivity contribution is 5.93. The van der Waals surface area contributed by atoms with Crippen molar-refractivity contribution in [2.24, 2.45) is 5.92 Å². The molecule has 1 rings (SSSR count). The maximum Gasteiger partial charge on any atom is 0.335 e. The number of aromatic carboxylic acids is 1. The molecule has 0 bridgehead atoms. The van der Waals surface area contributed by atoms with E-state index in [0.29, 0.717) is 5.92 Å². The summed E-state index contributed by atoms with van der Waals surface area (Å²) in [4.78, 5) is 24.4. The van der Waals surface area contributed by atoms with E-state index >= 15 is 0 Å². The van der Waals surface area contributed by atoms with Gasteiger partial charge in [-0.15, -0.1) is 0 Å². The fourth-order valence-corrected chi connectivity index (χ4v) is 2.01. The number of nitrogens with zero attached hydrogens (tertiary/aromatic N) is 1. The largest absolute Gasteiger partial charge is 0.506 e. The predicted octanol–water partition coefficient (Wildman–Crippen LogP) is 2.99. The van der Waals surface area contributed by atoms with Crippen molar-refractivity contribution >= 4 is 17.7 Å². The minimum Gasteiger partial charge on any atom is -0.506 e. The molecule has 0 radical (unpaired) electrons. The van der Waals surface area contributed by atoms with Crippen LogP contribution in [0, 0.1) is 5.92 Å².